The van der Waals surface area contributed by atoms with Crippen LogP contribution in [0.5, 0.6) is 0 Å². The third-order valence-corrected chi connectivity index (χ3v) is 2.32. The summed E-state index contributed by atoms with van der Waals surface area (Å²) in [6.45, 7) is 2.15. The van der Waals surface area contributed by atoms with Crippen LogP contribution in [-0.2, 0) is 4.74 Å². The number of benzene rings is 1. The molecular weight excluding hydrogens is 214 g/mol. The summed E-state index contributed by atoms with van der Waals surface area (Å²) in [5.74, 6) is -0.319. The summed E-state index contributed by atoms with van der Waals surface area (Å²) in [4.78, 5) is 15.7. The average molecular weight is 226 g/mol. The van der Waals surface area contributed by atoms with Gasteiger partial charge in [0, 0.05) is 11.8 Å². The van der Waals surface area contributed by atoms with Gasteiger partial charge >= 0.3 is 5.97 Å². The van der Waals surface area contributed by atoms with Crippen molar-refractivity contribution < 1.29 is 9.53 Å². The molecule has 3 heteroatoms. The Bertz CT molecular complexity index is 509. The summed E-state index contributed by atoms with van der Waals surface area (Å²) in [5.41, 5.74) is 2.12. The van der Waals surface area contributed by atoms with E-state index in [2.05, 4.69) is 11.2 Å². The quantitative estimate of drug-likeness (QED) is 0.755. The maximum Gasteiger partial charge on any atom is 0.338 e. The van der Waals surface area contributed by atoms with Crippen molar-refractivity contribution in [3.8, 4) is 11.1 Å². The van der Waals surface area contributed by atoms with Crippen molar-refractivity contribution in [2.75, 3.05) is 6.61 Å². The lowest BCUT2D eigenvalue weighted by Gasteiger charge is -2.07. The Labute approximate surface area is 100 Å². The van der Waals surface area contributed by atoms with E-state index in [1.807, 2.05) is 30.3 Å². The Morgan fingerprint density at radius 3 is 2.82 bits per heavy atom. The molecule has 1 aromatic carbocycles. The van der Waals surface area contributed by atoms with Gasteiger partial charge < -0.3 is 4.74 Å². The number of hydrogen-bond donors (Lipinski definition) is 0. The van der Waals surface area contributed by atoms with E-state index in [0.717, 1.165) is 11.1 Å². The van der Waals surface area contributed by atoms with E-state index in [9.17, 15) is 4.79 Å². The predicted molar refractivity (Wildman–Crippen MR) is 64.5 cm³/mol. The Kier molecular flexibility index (Phi) is 3.50. The van der Waals surface area contributed by atoms with Gasteiger partial charge in [-0.3, -0.25) is 4.98 Å². The first kappa shape index (κ1) is 11.3. The molecule has 1 aromatic heterocycles. The number of pyridine rings is 1. The molecule has 1 radical (unpaired) electrons. The molecule has 17 heavy (non-hydrogen) atoms. The minimum absolute atomic E-state index is 0.319. The highest BCUT2D eigenvalue weighted by atomic mass is 16.5. The van der Waals surface area contributed by atoms with Gasteiger partial charge in [-0.1, -0.05) is 24.3 Å². The van der Waals surface area contributed by atoms with Crippen molar-refractivity contribution in [3.63, 3.8) is 0 Å². The van der Waals surface area contributed by atoms with Gasteiger partial charge in [0.05, 0.1) is 18.4 Å². The molecule has 0 saturated carbocycles. The van der Waals surface area contributed by atoms with E-state index < -0.39 is 0 Å². The summed E-state index contributed by atoms with van der Waals surface area (Å²) >= 11 is 0. The van der Waals surface area contributed by atoms with E-state index in [1.165, 1.54) is 0 Å². The fourth-order valence-electron chi connectivity index (χ4n) is 1.58. The zero-order chi connectivity index (χ0) is 12.1. The molecule has 0 saturated heterocycles. The molecule has 0 unspecified atom stereocenters. The van der Waals surface area contributed by atoms with E-state index in [0.29, 0.717) is 12.2 Å². The smallest absolute Gasteiger partial charge is 0.338 e. The van der Waals surface area contributed by atoms with Crippen LogP contribution in [0.4, 0.5) is 0 Å². The molecule has 2 aromatic rings. The lowest BCUT2D eigenvalue weighted by molar-refractivity contribution is 0.0527. The van der Waals surface area contributed by atoms with Gasteiger partial charge in [-0.2, -0.15) is 0 Å². The van der Waals surface area contributed by atoms with Crippen LogP contribution in [0.25, 0.3) is 11.1 Å². The largest absolute Gasteiger partial charge is 0.462 e. The molecule has 0 spiro atoms. The zero-order valence-electron chi connectivity index (χ0n) is 9.51. The maximum atomic E-state index is 11.8. The highest BCUT2D eigenvalue weighted by Gasteiger charge is 2.12. The fraction of sp³-hybridized carbons (Fsp3) is 0.143. The topological polar surface area (TPSA) is 39.2 Å². The SMILES string of the molecule is CCOC(=O)c1ccccc1-c1[c]nccc1. The maximum absolute atomic E-state index is 11.8. The third kappa shape index (κ3) is 2.50. The molecule has 3 nitrogen and oxygen atoms in total. The van der Waals surface area contributed by atoms with E-state index >= 15 is 0 Å². The number of rotatable bonds is 3. The second kappa shape index (κ2) is 5.25. The minimum atomic E-state index is -0.319. The Balaban J connectivity index is 2.45. The Morgan fingerprint density at radius 2 is 2.12 bits per heavy atom. The normalized spacial score (nSPS) is 9.94. The highest BCUT2D eigenvalue weighted by molar-refractivity contribution is 5.97. The summed E-state index contributed by atoms with van der Waals surface area (Å²) in [7, 11) is 0. The van der Waals surface area contributed by atoms with E-state index in [1.54, 1.807) is 19.2 Å². The van der Waals surface area contributed by atoms with Crippen LogP contribution in [0.3, 0.4) is 0 Å². The molecule has 0 fully saturated rings. The van der Waals surface area contributed by atoms with Crippen LogP contribution in [0.2, 0.25) is 0 Å². The number of carbonyl (C=O) groups excluding carboxylic acids is 1. The van der Waals surface area contributed by atoms with Crippen molar-refractivity contribution in [2.45, 2.75) is 6.92 Å². The van der Waals surface area contributed by atoms with Crippen LogP contribution in [0.1, 0.15) is 17.3 Å². The van der Waals surface area contributed by atoms with Gasteiger partial charge in [0.2, 0.25) is 0 Å². The van der Waals surface area contributed by atoms with Crippen molar-refractivity contribution in [1.82, 2.24) is 4.98 Å². The van der Waals surface area contributed by atoms with Crippen LogP contribution < -0.4 is 0 Å². The highest BCUT2D eigenvalue weighted by Crippen LogP contribution is 2.22. The third-order valence-electron chi connectivity index (χ3n) is 2.32. The van der Waals surface area contributed by atoms with Gasteiger partial charge in [0.15, 0.2) is 0 Å². The van der Waals surface area contributed by atoms with Crippen LogP contribution in [0.15, 0.2) is 42.6 Å². The van der Waals surface area contributed by atoms with Crippen LogP contribution in [-0.4, -0.2) is 17.6 Å². The molecule has 1 heterocycles. The van der Waals surface area contributed by atoms with Gasteiger partial charge in [-0.25, -0.2) is 4.79 Å². The fourth-order valence-corrected chi connectivity index (χ4v) is 1.58. The second-order valence-corrected chi connectivity index (χ2v) is 3.43. The first-order chi connectivity index (χ1) is 8.33. The number of hydrogen-bond acceptors (Lipinski definition) is 3. The van der Waals surface area contributed by atoms with Gasteiger partial charge in [-0.05, 0) is 24.6 Å². The lowest BCUT2D eigenvalue weighted by atomic mass is 10.0. The van der Waals surface area contributed by atoms with Crippen molar-refractivity contribution in [3.05, 3.63) is 54.4 Å². The monoisotopic (exact) mass is 226 g/mol. The Morgan fingerprint density at radius 1 is 1.29 bits per heavy atom. The average Bonchev–Trinajstić information content (AvgIpc) is 2.40. The van der Waals surface area contributed by atoms with E-state index in [-0.39, 0.29) is 5.97 Å². The summed E-state index contributed by atoms with van der Waals surface area (Å²) in [6.07, 6.45) is 4.51. The second-order valence-electron chi connectivity index (χ2n) is 3.43. The molecule has 85 valence electrons. The van der Waals surface area contributed by atoms with Gasteiger partial charge in [0.1, 0.15) is 0 Å². The summed E-state index contributed by atoms with van der Waals surface area (Å²) < 4.78 is 5.02. The van der Waals surface area contributed by atoms with E-state index in [4.69, 9.17) is 4.74 Å². The molecule has 0 N–H and O–H groups in total. The van der Waals surface area contributed by atoms with Crippen LogP contribution in [0, 0.1) is 6.20 Å². The molecular formula is C14H12NO2. The van der Waals surface area contributed by atoms with Gasteiger partial charge in [0.25, 0.3) is 0 Å². The summed E-state index contributed by atoms with van der Waals surface area (Å²) in [5, 5.41) is 0. The van der Waals surface area contributed by atoms with Crippen LogP contribution >= 0.6 is 0 Å². The minimum Gasteiger partial charge on any atom is -0.462 e. The lowest BCUT2D eigenvalue weighted by Crippen LogP contribution is -2.06. The molecule has 0 aliphatic heterocycles. The molecule has 0 atom stereocenters. The van der Waals surface area contributed by atoms with Gasteiger partial charge in [-0.15, -0.1) is 0 Å². The molecule has 0 amide bonds. The first-order valence-corrected chi connectivity index (χ1v) is 5.42. The van der Waals surface area contributed by atoms with Crippen molar-refractivity contribution in [2.24, 2.45) is 0 Å². The molecule has 0 aliphatic rings. The van der Waals surface area contributed by atoms with Crippen molar-refractivity contribution >= 4 is 5.97 Å². The molecule has 0 bridgehead atoms. The molecule has 0 aliphatic carbocycles. The number of esters is 1. The number of nitrogens with zero attached hydrogens (tertiary/aromatic N) is 1. The van der Waals surface area contributed by atoms with Crippen molar-refractivity contribution in [1.29, 1.82) is 0 Å². The summed E-state index contributed by atoms with van der Waals surface area (Å²) in [6, 6.07) is 11.0. The number of aromatic nitrogens is 1. The standard InChI is InChI=1S/C14H12NO2/c1-2-17-14(16)13-8-4-3-7-12(13)11-6-5-9-15-10-11/h3-9H,2H2,1H3. The zero-order valence-corrected chi connectivity index (χ0v) is 9.51. The first-order valence-electron chi connectivity index (χ1n) is 5.42. The number of carbonyl (C=O) groups is 1. The Hall–Kier alpha value is -2.16. The molecule has 2 rings (SSSR count). The number of ether oxygens (including phenoxy) is 1. The predicted octanol–water partition coefficient (Wildman–Crippen LogP) is 2.73.